The summed E-state index contributed by atoms with van der Waals surface area (Å²) in [5, 5.41) is 1.13. The van der Waals surface area contributed by atoms with Crippen LogP contribution in [-0.2, 0) is 0 Å². The maximum Gasteiger partial charge on any atom is 0.169 e. The summed E-state index contributed by atoms with van der Waals surface area (Å²) in [6.07, 6.45) is 1.14. The number of hydrogen-bond donors (Lipinski definition) is 0. The van der Waals surface area contributed by atoms with Crippen LogP contribution in [-0.4, -0.2) is 23.7 Å². The SMILES string of the molecule is CC(C)Oc1cc2nc(C=O)c(C=O)cc2cc1Cl. The molecule has 4 nitrogen and oxygen atoms in total. The predicted octanol–water partition coefficient (Wildman–Crippen LogP) is 3.30. The van der Waals surface area contributed by atoms with E-state index >= 15 is 0 Å². The fourth-order valence-electron chi connectivity index (χ4n) is 1.74. The lowest BCUT2D eigenvalue weighted by Gasteiger charge is -2.12. The number of halogens is 1. The second-order valence-electron chi connectivity index (χ2n) is 4.34. The van der Waals surface area contributed by atoms with Crippen LogP contribution < -0.4 is 4.74 Å². The molecule has 0 fully saturated rings. The van der Waals surface area contributed by atoms with Crippen molar-refractivity contribution in [3.8, 4) is 5.75 Å². The first kappa shape index (κ1) is 13.5. The first-order chi connectivity index (χ1) is 9.05. The number of carbonyl (C=O) groups is 2. The van der Waals surface area contributed by atoms with Crippen LogP contribution in [0.3, 0.4) is 0 Å². The fourth-order valence-corrected chi connectivity index (χ4v) is 1.96. The van der Waals surface area contributed by atoms with Gasteiger partial charge in [0.1, 0.15) is 11.4 Å². The zero-order chi connectivity index (χ0) is 14.0. The molecule has 1 heterocycles. The number of fused-ring (bicyclic) bond motifs is 1. The van der Waals surface area contributed by atoms with Crippen molar-refractivity contribution in [3.05, 3.63) is 34.5 Å². The van der Waals surface area contributed by atoms with Gasteiger partial charge >= 0.3 is 0 Å². The van der Waals surface area contributed by atoms with Crippen molar-refractivity contribution < 1.29 is 14.3 Å². The highest BCUT2D eigenvalue weighted by atomic mass is 35.5. The van der Waals surface area contributed by atoms with Crippen molar-refractivity contribution in [3.63, 3.8) is 0 Å². The van der Waals surface area contributed by atoms with Crippen molar-refractivity contribution in [2.45, 2.75) is 20.0 Å². The Morgan fingerprint density at radius 2 is 1.95 bits per heavy atom. The summed E-state index contributed by atoms with van der Waals surface area (Å²) < 4.78 is 5.55. The van der Waals surface area contributed by atoms with E-state index in [4.69, 9.17) is 16.3 Å². The molecule has 98 valence electrons. The number of nitrogens with zero attached hydrogens (tertiary/aromatic N) is 1. The van der Waals surface area contributed by atoms with Crippen LogP contribution >= 0.6 is 11.6 Å². The minimum absolute atomic E-state index is 0.0188. The first-order valence-corrected chi connectivity index (χ1v) is 6.14. The summed E-state index contributed by atoms with van der Waals surface area (Å²) in [5.41, 5.74) is 0.921. The topological polar surface area (TPSA) is 56.3 Å². The first-order valence-electron chi connectivity index (χ1n) is 5.76. The Hall–Kier alpha value is -1.94. The van der Waals surface area contributed by atoms with E-state index in [1.54, 1.807) is 18.2 Å². The second-order valence-corrected chi connectivity index (χ2v) is 4.75. The maximum atomic E-state index is 10.9. The molecule has 0 saturated carbocycles. The van der Waals surface area contributed by atoms with Crippen molar-refractivity contribution in [2.75, 3.05) is 0 Å². The number of aldehydes is 2. The normalized spacial score (nSPS) is 10.7. The van der Waals surface area contributed by atoms with Crippen molar-refractivity contribution in [1.82, 2.24) is 4.98 Å². The summed E-state index contributed by atoms with van der Waals surface area (Å²) in [4.78, 5) is 25.9. The molecule has 0 atom stereocenters. The lowest BCUT2D eigenvalue weighted by Crippen LogP contribution is -2.06. The molecule has 0 spiro atoms. The number of ether oxygens (including phenoxy) is 1. The van der Waals surface area contributed by atoms with E-state index in [0.29, 0.717) is 34.2 Å². The second kappa shape index (κ2) is 5.36. The summed E-state index contributed by atoms with van der Waals surface area (Å²) in [6.45, 7) is 3.78. The largest absolute Gasteiger partial charge is 0.489 e. The van der Waals surface area contributed by atoms with E-state index in [2.05, 4.69) is 4.98 Å². The Morgan fingerprint density at radius 3 is 2.53 bits per heavy atom. The van der Waals surface area contributed by atoms with E-state index in [-0.39, 0.29) is 17.4 Å². The Balaban J connectivity index is 2.64. The summed E-state index contributed by atoms with van der Waals surface area (Å²) in [7, 11) is 0. The highest BCUT2D eigenvalue weighted by molar-refractivity contribution is 6.32. The fraction of sp³-hybridized carbons (Fsp3) is 0.214. The van der Waals surface area contributed by atoms with Crippen LogP contribution in [0, 0.1) is 0 Å². The average molecular weight is 278 g/mol. The Bertz CT molecular complexity index is 653. The molecule has 1 aromatic carbocycles. The summed E-state index contributed by atoms with van der Waals surface area (Å²) in [5.74, 6) is 0.507. The van der Waals surface area contributed by atoms with Crippen molar-refractivity contribution in [1.29, 1.82) is 0 Å². The van der Waals surface area contributed by atoms with Gasteiger partial charge in [-0.25, -0.2) is 4.98 Å². The maximum absolute atomic E-state index is 10.9. The molecule has 0 aliphatic rings. The van der Waals surface area contributed by atoms with Gasteiger partial charge in [-0.2, -0.15) is 0 Å². The van der Waals surface area contributed by atoms with Gasteiger partial charge in [-0.3, -0.25) is 9.59 Å². The van der Waals surface area contributed by atoms with E-state index in [0.717, 1.165) is 0 Å². The number of hydrogen-bond acceptors (Lipinski definition) is 4. The molecular weight excluding hydrogens is 266 g/mol. The zero-order valence-electron chi connectivity index (χ0n) is 10.5. The van der Waals surface area contributed by atoms with Gasteiger partial charge in [0.15, 0.2) is 12.6 Å². The van der Waals surface area contributed by atoms with E-state index in [1.165, 1.54) is 0 Å². The molecule has 19 heavy (non-hydrogen) atoms. The standard InChI is InChI=1S/C14H12ClNO3/c1-8(2)19-14-5-12-9(4-11(14)15)3-10(6-17)13(7-18)16-12/h3-8H,1-2H3. The number of aromatic nitrogens is 1. The van der Waals surface area contributed by atoms with Crippen LogP contribution in [0.1, 0.15) is 34.7 Å². The van der Waals surface area contributed by atoms with E-state index < -0.39 is 0 Å². The highest BCUT2D eigenvalue weighted by Gasteiger charge is 2.10. The third-order valence-corrected chi connectivity index (χ3v) is 2.83. The lowest BCUT2D eigenvalue weighted by atomic mass is 10.1. The molecule has 0 N–H and O–H groups in total. The molecule has 0 radical (unpaired) electrons. The number of rotatable bonds is 4. The lowest BCUT2D eigenvalue weighted by molar-refractivity contribution is 0.109. The Morgan fingerprint density at radius 1 is 1.21 bits per heavy atom. The highest BCUT2D eigenvalue weighted by Crippen LogP contribution is 2.30. The van der Waals surface area contributed by atoms with Crippen LogP contribution in [0.2, 0.25) is 5.02 Å². The predicted molar refractivity (Wildman–Crippen MR) is 73.3 cm³/mol. The van der Waals surface area contributed by atoms with Gasteiger partial charge in [0, 0.05) is 17.0 Å². The summed E-state index contributed by atoms with van der Waals surface area (Å²) in [6, 6.07) is 4.92. The Kier molecular flexibility index (Phi) is 3.81. The van der Waals surface area contributed by atoms with Gasteiger partial charge in [0.25, 0.3) is 0 Å². The van der Waals surface area contributed by atoms with Gasteiger partial charge in [0.2, 0.25) is 0 Å². The van der Waals surface area contributed by atoms with Gasteiger partial charge in [-0.15, -0.1) is 0 Å². The van der Waals surface area contributed by atoms with Crippen LogP contribution in [0.4, 0.5) is 0 Å². The molecular formula is C14H12ClNO3. The molecule has 2 aromatic rings. The summed E-state index contributed by atoms with van der Waals surface area (Å²) >= 11 is 6.11. The average Bonchev–Trinajstić information content (AvgIpc) is 2.37. The third kappa shape index (κ3) is 2.74. The molecule has 5 heteroatoms. The zero-order valence-corrected chi connectivity index (χ0v) is 11.3. The van der Waals surface area contributed by atoms with Gasteiger partial charge < -0.3 is 4.74 Å². The minimum Gasteiger partial charge on any atom is -0.489 e. The number of benzene rings is 1. The number of pyridine rings is 1. The van der Waals surface area contributed by atoms with Gasteiger partial charge in [0.05, 0.1) is 16.6 Å². The molecule has 0 saturated heterocycles. The van der Waals surface area contributed by atoms with Crippen LogP contribution in [0.5, 0.6) is 5.75 Å². The Labute approximate surface area is 115 Å². The molecule has 0 bridgehead atoms. The minimum atomic E-state index is -0.0188. The van der Waals surface area contributed by atoms with E-state index in [1.807, 2.05) is 13.8 Å². The molecule has 0 aliphatic heterocycles. The van der Waals surface area contributed by atoms with Gasteiger partial charge in [-0.1, -0.05) is 11.6 Å². The molecule has 2 rings (SSSR count). The van der Waals surface area contributed by atoms with Crippen LogP contribution in [0.15, 0.2) is 18.2 Å². The molecule has 1 aromatic heterocycles. The van der Waals surface area contributed by atoms with Crippen molar-refractivity contribution in [2.24, 2.45) is 0 Å². The van der Waals surface area contributed by atoms with E-state index in [9.17, 15) is 9.59 Å². The van der Waals surface area contributed by atoms with Crippen LogP contribution in [0.25, 0.3) is 10.9 Å². The van der Waals surface area contributed by atoms with Gasteiger partial charge in [-0.05, 0) is 26.0 Å². The molecule has 0 aliphatic carbocycles. The smallest absolute Gasteiger partial charge is 0.169 e. The monoisotopic (exact) mass is 277 g/mol. The molecule has 0 unspecified atom stereocenters. The quantitative estimate of drug-likeness (QED) is 0.805. The third-order valence-electron chi connectivity index (χ3n) is 2.53. The number of carbonyl (C=O) groups excluding carboxylic acids is 2. The molecule has 0 amide bonds. The van der Waals surface area contributed by atoms with Crippen molar-refractivity contribution >= 4 is 35.1 Å².